The smallest absolute Gasteiger partial charge is 0.260 e. The summed E-state index contributed by atoms with van der Waals surface area (Å²) < 4.78 is 13.3. The van der Waals surface area contributed by atoms with Gasteiger partial charge >= 0.3 is 0 Å². The first-order chi connectivity index (χ1) is 11.4. The predicted molar refractivity (Wildman–Crippen MR) is 93.3 cm³/mol. The van der Waals surface area contributed by atoms with Crippen LogP contribution in [-0.4, -0.2) is 34.9 Å². The number of rotatable bonds is 6. The fourth-order valence-electron chi connectivity index (χ4n) is 2.44. The number of benzene rings is 2. The molecule has 26 heavy (non-hydrogen) atoms. The molecule has 0 fully saturated rings. The summed E-state index contributed by atoms with van der Waals surface area (Å²) in [5, 5.41) is 9.18. The van der Waals surface area contributed by atoms with Crippen molar-refractivity contribution in [1.29, 1.82) is 0 Å². The van der Waals surface area contributed by atoms with E-state index in [1.165, 1.54) is 12.1 Å². The van der Waals surface area contributed by atoms with Gasteiger partial charge in [-0.1, -0.05) is 24.3 Å². The molecule has 6 nitrogen and oxygen atoms in total. The average molecular weight is 435 g/mol. The van der Waals surface area contributed by atoms with E-state index in [2.05, 4.69) is 0 Å². The van der Waals surface area contributed by atoms with Crippen LogP contribution < -0.4 is 5.73 Å². The van der Waals surface area contributed by atoms with Crippen molar-refractivity contribution < 1.29 is 51.8 Å². The summed E-state index contributed by atoms with van der Waals surface area (Å²) in [6.45, 7) is 1.80. The predicted octanol–water partition coefficient (Wildman–Crippen LogP) is 2.72. The van der Waals surface area contributed by atoms with E-state index in [1.54, 1.807) is 31.2 Å². The topological polar surface area (TPSA) is 117 Å². The van der Waals surface area contributed by atoms with Crippen LogP contribution in [-0.2, 0) is 43.9 Å². The van der Waals surface area contributed by atoms with Gasteiger partial charge in [0.2, 0.25) is 6.41 Å². The number of phenols is 1. The Balaban J connectivity index is 0.00000312. The number of carbonyl (C=O) groups is 2. The Kier molecular flexibility index (Phi) is 10.4. The number of amides is 2. The van der Waals surface area contributed by atoms with Gasteiger partial charge in [0.05, 0.1) is 0 Å². The second-order valence-corrected chi connectivity index (χ2v) is 5.63. The van der Waals surface area contributed by atoms with Crippen molar-refractivity contribution >= 4 is 12.3 Å². The van der Waals surface area contributed by atoms with E-state index in [0.717, 1.165) is 10.5 Å². The molecule has 1 atom stereocenters. The van der Waals surface area contributed by atoms with Gasteiger partial charge in [-0.2, -0.15) is 0 Å². The fraction of sp³-hybridized carbons (Fsp3) is 0.222. The molecule has 0 saturated heterocycles. The molecule has 8 heteroatoms. The summed E-state index contributed by atoms with van der Waals surface area (Å²) >= 11 is 0. The van der Waals surface area contributed by atoms with Crippen LogP contribution in [0.2, 0.25) is 0 Å². The van der Waals surface area contributed by atoms with Gasteiger partial charge in [0.25, 0.3) is 5.91 Å². The minimum Gasteiger partial charge on any atom is -0.693 e. The molecule has 0 aliphatic rings. The Bertz CT molecular complexity index is 758. The maximum Gasteiger partial charge on any atom is 0.260 e. The third-order valence-corrected chi connectivity index (χ3v) is 3.70. The van der Waals surface area contributed by atoms with Crippen molar-refractivity contribution in [3.63, 3.8) is 0 Å². The molecule has 1 radical (unpaired) electrons. The quantitative estimate of drug-likeness (QED) is 0.679. The van der Waals surface area contributed by atoms with E-state index in [9.17, 15) is 19.1 Å². The zero-order valence-electron chi connectivity index (χ0n) is 14.4. The molecule has 0 spiro atoms. The van der Waals surface area contributed by atoms with Crippen molar-refractivity contribution in [2.24, 2.45) is 5.73 Å². The molecule has 0 bridgehead atoms. The summed E-state index contributed by atoms with van der Waals surface area (Å²) in [6.07, 6.45) is 0.717. The van der Waals surface area contributed by atoms with E-state index >= 15 is 0 Å². The van der Waals surface area contributed by atoms with Crippen LogP contribution in [0.3, 0.4) is 0 Å². The molecule has 1 unspecified atom stereocenters. The molecule has 2 aromatic carbocycles. The number of phenolic OH excluding ortho intramolecular Hbond substituents is 1. The Hall–Kier alpha value is -1.67. The van der Waals surface area contributed by atoms with E-state index in [-0.39, 0.29) is 51.8 Å². The molecule has 0 saturated carbocycles. The minimum atomic E-state index is -0.733. The van der Waals surface area contributed by atoms with Crippen LogP contribution in [0.15, 0.2) is 42.5 Å². The van der Waals surface area contributed by atoms with Crippen molar-refractivity contribution in [3.8, 4) is 5.75 Å². The number of nitrogens with two attached hydrogens (primary N) is 2. The van der Waals surface area contributed by atoms with Crippen LogP contribution >= 0.6 is 0 Å². The number of hydrogen-bond acceptors (Lipinski definition) is 4. The van der Waals surface area contributed by atoms with Crippen molar-refractivity contribution in [3.05, 3.63) is 71.1 Å². The van der Waals surface area contributed by atoms with E-state index < -0.39 is 23.5 Å². The Morgan fingerprint density at radius 2 is 1.96 bits per heavy atom. The molecule has 5 N–H and O–H groups in total. The van der Waals surface area contributed by atoms with E-state index in [1.807, 2.05) is 6.07 Å². The molecule has 0 aliphatic heterocycles. The molecular formula is C18H21FN3O3Y-. The molecule has 2 amide bonds. The minimum absolute atomic E-state index is 0. The zero-order valence-corrected chi connectivity index (χ0v) is 17.3. The number of carbonyl (C=O) groups excluding carboxylic acids is 2. The van der Waals surface area contributed by atoms with Gasteiger partial charge in [-0.15, -0.1) is 0 Å². The van der Waals surface area contributed by atoms with Gasteiger partial charge < -0.3 is 17.0 Å². The van der Waals surface area contributed by atoms with Crippen molar-refractivity contribution in [1.82, 2.24) is 4.90 Å². The number of aromatic hydroxyl groups is 1. The first kappa shape index (κ1) is 24.3. The second-order valence-electron chi connectivity index (χ2n) is 5.63. The molecule has 2 aromatic rings. The van der Waals surface area contributed by atoms with Crippen molar-refractivity contribution in [2.45, 2.75) is 19.4 Å². The molecule has 0 aliphatic carbocycles. The summed E-state index contributed by atoms with van der Waals surface area (Å²) in [4.78, 5) is 24.7. The van der Waals surface area contributed by atoms with Crippen molar-refractivity contribution in [2.75, 3.05) is 6.54 Å². The summed E-state index contributed by atoms with van der Waals surface area (Å²) in [6, 6.07) is 10.4. The monoisotopic (exact) mass is 435 g/mol. The Morgan fingerprint density at radius 1 is 1.31 bits per heavy atom. The SMILES string of the molecule is Cc1ccccc1C(=O)N(C=O)CC(N)Cc1ccc(O)c(F)c1.[NH2-].[Y]. The fourth-order valence-corrected chi connectivity index (χ4v) is 2.44. The molecule has 0 aromatic heterocycles. The van der Waals surface area contributed by atoms with E-state index in [0.29, 0.717) is 17.5 Å². The van der Waals surface area contributed by atoms with Gasteiger partial charge in [-0.3, -0.25) is 14.5 Å². The number of aryl methyl sites for hydroxylation is 1. The summed E-state index contributed by atoms with van der Waals surface area (Å²) in [5.74, 6) is -1.59. The standard InChI is InChI=1S/C18H19FN2O3.H2N.Y/c1-12-4-2-3-5-15(12)18(24)21(11-22)10-14(20)8-13-6-7-17(23)16(19)9-13;;/h2-7,9,11,14,23H,8,10,20H2,1H3;1H2;/q;-1;. The van der Waals surface area contributed by atoms with Gasteiger partial charge in [-0.25, -0.2) is 4.39 Å². The second kappa shape index (κ2) is 11.1. The number of nitrogens with zero attached hydrogens (tertiary/aromatic N) is 1. The van der Waals surface area contributed by atoms with Gasteiger partial charge in [0.1, 0.15) is 0 Å². The maximum absolute atomic E-state index is 13.3. The zero-order chi connectivity index (χ0) is 17.7. The number of halogens is 1. The third-order valence-electron chi connectivity index (χ3n) is 3.70. The first-order valence-electron chi connectivity index (χ1n) is 7.47. The maximum atomic E-state index is 13.3. The van der Waals surface area contributed by atoms with Crippen LogP contribution in [0, 0.1) is 12.7 Å². The van der Waals surface area contributed by atoms with Crippen LogP contribution in [0.4, 0.5) is 4.39 Å². The summed E-state index contributed by atoms with van der Waals surface area (Å²) in [5.41, 5.74) is 7.77. The van der Waals surface area contributed by atoms with Gasteiger partial charge in [-0.05, 0) is 42.7 Å². The Morgan fingerprint density at radius 3 is 2.54 bits per heavy atom. The average Bonchev–Trinajstić information content (AvgIpc) is 2.56. The third kappa shape index (κ3) is 6.25. The normalized spacial score (nSPS) is 10.9. The molecule has 137 valence electrons. The first-order valence-corrected chi connectivity index (χ1v) is 7.47. The number of hydrogen-bond donors (Lipinski definition) is 2. The Labute approximate surface area is 177 Å². The molecular weight excluding hydrogens is 414 g/mol. The molecule has 0 heterocycles. The van der Waals surface area contributed by atoms with E-state index in [4.69, 9.17) is 5.73 Å². The van der Waals surface area contributed by atoms with Gasteiger partial charge in [0.15, 0.2) is 11.6 Å². The largest absolute Gasteiger partial charge is 0.693 e. The van der Waals surface area contributed by atoms with Crippen LogP contribution in [0.5, 0.6) is 5.75 Å². The molecule has 2 rings (SSSR count). The summed E-state index contributed by atoms with van der Waals surface area (Å²) in [7, 11) is 0. The van der Waals surface area contributed by atoms with Gasteiger partial charge in [0, 0.05) is 50.9 Å². The number of imide groups is 1. The van der Waals surface area contributed by atoms with Crippen LogP contribution in [0.25, 0.3) is 6.15 Å². The van der Waals surface area contributed by atoms with Crippen LogP contribution in [0.1, 0.15) is 21.5 Å².